The molecule has 0 aliphatic rings. The number of imidazole rings is 1. The number of aromatic nitrogens is 2. The van der Waals surface area contributed by atoms with Crippen LogP contribution < -0.4 is 4.74 Å². The number of hydrogen-bond acceptors (Lipinski definition) is 3. The Bertz CT molecular complexity index is 836. The number of nitrogens with one attached hydrogen (secondary N) is 1. The van der Waals surface area contributed by atoms with Crippen LogP contribution in [-0.2, 0) is 0 Å². The topological polar surface area (TPSA) is 29.9 Å². The predicted molar refractivity (Wildman–Crippen MR) is 91.4 cm³/mol. The molecule has 108 valence electrons. The monoisotopic (exact) mass is 316 g/mol. The van der Waals surface area contributed by atoms with Crippen molar-refractivity contribution in [1.82, 2.24) is 9.55 Å². The summed E-state index contributed by atoms with van der Waals surface area (Å²) < 4.78 is 8.43. The minimum absolute atomic E-state index is 0.631. The lowest BCUT2D eigenvalue weighted by Crippen LogP contribution is -1.96. The van der Waals surface area contributed by atoms with Gasteiger partial charge in [-0.15, -0.1) is 11.8 Å². The predicted octanol–water partition coefficient (Wildman–Crippen LogP) is 4.81. The van der Waals surface area contributed by atoms with Gasteiger partial charge in [-0.25, -0.2) is 0 Å². The number of thioether (sulfide) groups is 1. The summed E-state index contributed by atoms with van der Waals surface area (Å²) in [4.78, 5) is 4.46. The first-order valence-corrected chi connectivity index (χ1v) is 8.39. The van der Waals surface area contributed by atoms with Crippen molar-refractivity contribution < 1.29 is 4.74 Å². The first-order chi connectivity index (χ1) is 10.3. The Morgan fingerprint density at radius 2 is 2.00 bits per heavy atom. The van der Waals surface area contributed by atoms with Gasteiger partial charge in [0.1, 0.15) is 11.3 Å². The van der Waals surface area contributed by atoms with E-state index in [1.807, 2.05) is 31.2 Å². The van der Waals surface area contributed by atoms with Gasteiger partial charge < -0.3 is 9.72 Å². The maximum Gasteiger partial charge on any atom is 0.182 e. The van der Waals surface area contributed by atoms with E-state index in [4.69, 9.17) is 17.0 Å². The lowest BCUT2D eigenvalue weighted by Gasteiger charge is -2.10. The summed E-state index contributed by atoms with van der Waals surface area (Å²) in [5.74, 6) is 0.835. The number of fused-ring (bicyclic) bond motifs is 1. The van der Waals surface area contributed by atoms with E-state index < -0.39 is 0 Å². The number of ether oxygens (including phenoxy) is 1. The van der Waals surface area contributed by atoms with Crippen LogP contribution in [0.2, 0.25) is 0 Å². The molecule has 0 aliphatic heterocycles. The molecule has 0 unspecified atom stereocenters. The molecule has 1 heterocycles. The highest BCUT2D eigenvalue weighted by molar-refractivity contribution is 7.98. The van der Waals surface area contributed by atoms with Crippen LogP contribution in [-0.4, -0.2) is 22.4 Å². The van der Waals surface area contributed by atoms with Crippen molar-refractivity contribution in [3.63, 3.8) is 0 Å². The average Bonchev–Trinajstić information content (AvgIpc) is 2.84. The summed E-state index contributed by atoms with van der Waals surface area (Å²) in [6, 6.07) is 14.3. The van der Waals surface area contributed by atoms with E-state index in [1.165, 1.54) is 4.90 Å². The fourth-order valence-electron chi connectivity index (χ4n) is 2.43. The number of rotatable bonds is 4. The molecule has 0 atom stereocenters. The number of aromatic amines is 1. The van der Waals surface area contributed by atoms with E-state index in [2.05, 4.69) is 34.0 Å². The van der Waals surface area contributed by atoms with Gasteiger partial charge >= 0.3 is 0 Å². The van der Waals surface area contributed by atoms with E-state index >= 15 is 0 Å². The highest BCUT2D eigenvalue weighted by Crippen LogP contribution is 2.31. The van der Waals surface area contributed by atoms with Crippen LogP contribution in [0.15, 0.2) is 47.4 Å². The van der Waals surface area contributed by atoms with E-state index in [1.54, 1.807) is 11.8 Å². The molecule has 0 aliphatic carbocycles. The molecular formula is C16H16N2OS2. The van der Waals surface area contributed by atoms with Gasteiger partial charge in [-0.2, -0.15) is 0 Å². The Labute approximate surface area is 132 Å². The van der Waals surface area contributed by atoms with Crippen LogP contribution in [0.1, 0.15) is 6.92 Å². The maximum absolute atomic E-state index is 5.68. The molecule has 21 heavy (non-hydrogen) atoms. The number of para-hydroxylation sites is 2. The second-order valence-electron chi connectivity index (χ2n) is 4.52. The van der Waals surface area contributed by atoms with Gasteiger partial charge in [-0.1, -0.05) is 18.2 Å². The van der Waals surface area contributed by atoms with Gasteiger partial charge in [0.15, 0.2) is 4.77 Å². The van der Waals surface area contributed by atoms with Crippen LogP contribution in [0.3, 0.4) is 0 Å². The molecule has 2 aromatic carbocycles. The molecule has 0 fully saturated rings. The number of hydrogen-bond donors (Lipinski definition) is 1. The zero-order valence-electron chi connectivity index (χ0n) is 11.9. The van der Waals surface area contributed by atoms with Gasteiger partial charge in [0.25, 0.3) is 0 Å². The van der Waals surface area contributed by atoms with E-state index in [0.717, 1.165) is 22.5 Å². The van der Waals surface area contributed by atoms with Gasteiger partial charge in [-0.05, 0) is 49.7 Å². The van der Waals surface area contributed by atoms with Gasteiger partial charge in [0.05, 0.1) is 17.8 Å². The van der Waals surface area contributed by atoms with Crippen molar-refractivity contribution in [2.75, 3.05) is 12.9 Å². The third-order valence-electron chi connectivity index (χ3n) is 3.31. The summed E-state index contributed by atoms with van der Waals surface area (Å²) in [5.41, 5.74) is 3.07. The first-order valence-electron chi connectivity index (χ1n) is 6.76. The molecular weight excluding hydrogens is 300 g/mol. The summed E-state index contributed by atoms with van der Waals surface area (Å²) >= 11 is 7.24. The average molecular weight is 316 g/mol. The number of benzene rings is 2. The van der Waals surface area contributed by atoms with Crippen molar-refractivity contribution in [3.8, 4) is 11.4 Å². The lowest BCUT2D eigenvalue weighted by atomic mass is 10.2. The minimum Gasteiger partial charge on any atom is -0.492 e. The van der Waals surface area contributed by atoms with Crippen molar-refractivity contribution in [3.05, 3.63) is 47.2 Å². The molecule has 5 heteroatoms. The van der Waals surface area contributed by atoms with Crippen LogP contribution in [0, 0.1) is 4.77 Å². The Balaban J connectivity index is 2.31. The molecule has 1 N–H and O–H groups in total. The Morgan fingerprint density at radius 3 is 2.76 bits per heavy atom. The van der Waals surface area contributed by atoms with Crippen LogP contribution in [0.25, 0.3) is 16.7 Å². The fourth-order valence-corrected chi connectivity index (χ4v) is 3.32. The maximum atomic E-state index is 5.68. The zero-order chi connectivity index (χ0) is 14.8. The normalized spacial score (nSPS) is 11.0. The quantitative estimate of drug-likeness (QED) is 0.553. The van der Waals surface area contributed by atoms with Crippen LogP contribution in [0.5, 0.6) is 5.75 Å². The Hall–Kier alpha value is -1.72. The molecule has 0 radical (unpaired) electrons. The van der Waals surface area contributed by atoms with Gasteiger partial charge in [0, 0.05) is 4.90 Å². The molecule has 0 amide bonds. The lowest BCUT2D eigenvalue weighted by molar-refractivity contribution is 0.343. The fraction of sp³-hybridized carbons (Fsp3) is 0.188. The molecule has 0 saturated carbocycles. The number of nitrogens with zero attached hydrogens (tertiary/aromatic N) is 1. The van der Waals surface area contributed by atoms with Crippen LogP contribution >= 0.6 is 24.0 Å². The second kappa shape index (κ2) is 5.95. The molecule has 0 bridgehead atoms. The Kier molecular flexibility index (Phi) is 4.03. The first kappa shape index (κ1) is 14.2. The molecule has 1 aromatic heterocycles. The van der Waals surface area contributed by atoms with Crippen molar-refractivity contribution in [2.24, 2.45) is 0 Å². The molecule has 3 rings (SSSR count). The second-order valence-corrected chi connectivity index (χ2v) is 5.76. The molecule has 0 saturated heterocycles. The summed E-state index contributed by atoms with van der Waals surface area (Å²) in [7, 11) is 0. The summed E-state index contributed by atoms with van der Waals surface area (Å²) in [6.45, 7) is 2.61. The van der Waals surface area contributed by atoms with E-state index in [9.17, 15) is 0 Å². The smallest absolute Gasteiger partial charge is 0.182 e. The highest BCUT2D eigenvalue weighted by atomic mass is 32.2. The third kappa shape index (κ3) is 2.47. The van der Waals surface area contributed by atoms with E-state index in [-0.39, 0.29) is 0 Å². The molecule has 3 aromatic rings. The minimum atomic E-state index is 0.631. The van der Waals surface area contributed by atoms with Crippen LogP contribution in [0.4, 0.5) is 0 Å². The molecule has 3 nitrogen and oxygen atoms in total. The van der Waals surface area contributed by atoms with Crippen molar-refractivity contribution in [2.45, 2.75) is 11.8 Å². The van der Waals surface area contributed by atoms with E-state index in [0.29, 0.717) is 11.4 Å². The third-order valence-corrected chi connectivity index (χ3v) is 4.38. The SMILES string of the molecule is CCOc1cccc2c1[nH]c(=S)n2-c1ccccc1SC. The van der Waals surface area contributed by atoms with Crippen molar-refractivity contribution >= 4 is 35.0 Å². The number of H-pyrrole nitrogens is 1. The van der Waals surface area contributed by atoms with Crippen molar-refractivity contribution in [1.29, 1.82) is 0 Å². The zero-order valence-corrected chi connectivity index (χ0v) is 13.6. The standard InChI is InChI=1S/C16H16N2OS2/c1-3-19-13-9-6-8-12-15(13)17-16(20)18(12)11-7-4-5-10-14(11)21-2/h4-10H,3H2,1-2H3,(H,17,20). The van der Waals surface area contributed by atoms with Gasteiger partial charge in [0.2, 0.25) is 0 Å². The summed E-state index contributed by atoms with van der Waals surface area (Å²) in [5, 5.41) is 0. The van der Waals surface area contributed by atoms with Gasteiger partial charge in [-0.3, -0.25) is 4.57 Å². The largest absolute Gasteiger partial charge is 0.492 e. The molecule has 0 spiro atoms. The highest BCUT2D eigenvalue weighted by Gasteiger charge is 2.12. The Morgan fingerprint density at radius 1 is 1.19 bits per heavy atom. The summed E-state index contributed by atoms with van der Waals surface area (Å²) in [6.07, 6.45) is 2.07.